The van der Waals surface area contributed by atoms with Crippen molar-refractivity contribution in [3.63, 3.8) is 0 Å². The summed E-state index contributed by atoms with van der Waals surface area (Å²) in [6.45, 7) is -1.22. The third kappa shape index (κ3) is 3.52. The van der Waals surface area contributed by atoms with Gasteiger partial charge in [-0.25, -0.2) is 0 Å². The van der Waals surface area contributed by atoms with Crippen molar-refractivity contribution < 1.29 is 17.7 Å². The van der Waals surface area contributed by atoms with Crippen LogP contribution >= 0.6 is 0 Å². The molecule has 0 atom stereocenters. The minimum absolute atomic E-state index is 0.103. The van der Waals surface area contributed by atoms with Crippen LogP contribution in [0.1, 0.15) is 5.89 Å². The third-order valence-corrected chi connectivity index (χ3v) is 2.01. The lowest BCUT2D eigenvalue weighted by Gasteiger charge is -2.05. The number of hydrogen-bond acceptors (Lipinski definition) is 5. The molecule has 2 aromatic rings. The van der Waals surface area contributed by atoms with Crippen LogP contribution in [0.3, 0.4) is 0 Å². The van der Waals surface area contributed by atoms with Crippen LogP contribution in [0.2, 0.25) is 0 Å². The molecule has 0 aromatic carbocycles. The SMILES string of the molecule is FC(F)(F)CNCc1nc(-c2ccncc2)no1. The highest BCUT2D eigenvalue weighted by molar-refractivity contribution is 5.52. The molecule has 0 saturated carbocycles. The Kier molecular flexibility index (Phi) is 3.56. The molecule has 0 spiro atoms. The summed E-state index contributed by atoms with van der Waals surface area (Å²) in [6, 6.07) is 3.36. The molecule has 0 aliphatic carbocycles. The standard InChI is InChI=1S/C10H9F3N4O/c11-10(12,13)6-15-5-8-16-9(17-18-8)7-1-3-14-4-2-7/h1-4,15H,5-6H2. The molecular weight excluding hydrogens is 249 g/mol. The van der Waals surface area contributed by atoms with Gasteiger partial charge in [0.05, 0.1) is 13.1 Å². The predicted molar refractivity (Wildman–Crippen MR) is 55.3 cm³/mol. The number of rotatable bonds is 4. The zero-order valence-electron chi connectivity index (χ0n) is 9.11. The van der Waals surface area contributed by atoms with Crippen molar-refractivity contribution in [2.75, 3.05) is 6.54 Å². The fraction of sp³-hybridized carbons (Fsp3) is 0.300. The van der Waals surface area contributed by atoms with Gasteiger partial charge in [-0.1, -0.05) is 5.16 Å². The van der Waals surface area contributed by atoms with Crippen molar-refractivity contribution >= 4 is 0 Å². The second-order valence-corrected chi connectivity index (χ2v) is 3.47. The zero-order valence-corrected chi connectivity index (χ0v) is 9.11. The molecule has 96 valence electrons. The molecule has 2 rings (SSSR count). The van der Waals surface area contributed by atoms with Gasteiger partial charge in [-0.2, -0.15) is 18.2 Å². The first-order chi connectivity index (χ1) is 8.54. The molecule has 0 amide bonds. The number of halogens is 3. The molecular formula is C10H9F3N4O. The first-order valence-corrected chi connectivity index (χ1v) is 5.05. The Morgan fingerprint density at radius 1 is 1.22 bits per heavy atom. The van der Waals surface area contributed by atoms with E-state index in [4.69, 9.17) is 4.52 Å². The Morgan fingerprint density at radius 2 is 1.94 bits per heavy atom. The summed E-state index contributed by atoms with van der Waals surface area (Å²) in [4.78, 5) is 7.80. The average Bonchev–Trinajstić information content (AvgIpc) is 2.77. The van der Waals surface area contributed by atoms with Gasteiger partial charge in [0.2, 0.25) is 11.7 Å². The second-order valence-electron chi connectivity index (χ2n) is 3.47. The largest absolute Gasteiger partial charge is 0.401 e. The lowest BCUT2D eigenvalue weighted by molar-refractivity contribution is -0.125. The summed E-state index contributed by atoms with van der Waals surface area (Å²) in [5.74, 6) is 0.423. The number of nitrogens with zero attached hydrogens (tertiary/aromatic N) is 3. The van der Waals surface area contributed by atoms with E-state index in [0.29, 0.717) is 11.4 Å². The molecule has 2 heterocycles. The minimum Gasteiger partial charge on any atom is -0.338 e. The minimum atomic E-state index is -4.26. The first-order valence-electron chi connectivity index (χ1n) is 5.05. The molecule has 0 radical (unpaired) electrons. The molecule has 0 fully saturated rings. The van der Waals surface area contributed by atoms with Gasteiger partial charge >= 0.3 is 6.18 Å². The van der Waals surface area contributed by atoms with Crippen LogP contribution < -0.4 is 5.32 Å². The lowest BCUT2D eigenvalue weighted by atomic mass is 10.2. The van der Waals surface area contributed by atoms with Crippen LogP contribution in [0.15, 0.2) is 29.0 Å². The molecule has 5 nitrogen and oxygen atoms in total. The van der Waals surface area contributed by atoms with E-state index in [9.17, 15) is 13.2 Å². The number of pyridine rings is 1. The van der Waals surface area contributed by atoms with Crippen molar-refractivity contribution in [1.82, 2.24) is 20.4 Å². The Bertz CT molecular complexity index is 497. The summed E-state index contributed by atoms with van der Waals surface area (Å²) < 4.78 is 40.5. The van der Waals surface area contributed by atoms with Gasteiger partial charge in [0.25, 0.3) is 0 Å². The Morgan fingerprint density at radius 3 is 2.61 bits per heavy atom. The van der Waals surface area contributed by atoms with E-state index in [0.717, 1.165) is 0 Å². The van der Waals surface area contributed by atoms with Crippen molar-refractivity contribution in [3.8, 4) is 11.4 Å². The maximum absolute atomic E-state index is 11.9. The maximum Gasteiger partial charge on any atom is 0.401 e. The van der Waals surface area contributed by atoms with Gasteiger partial charge < -0.3 is 9.84 Å². The van der Waals surface area contributed by atoms with Gasteiger partial charge in [0, 0.05) is 18.0 Å². The number of hydrogen-bond donors (Lipinski definition) is 1. The quantitative estimate of drug-likeness (QED) is 0.905. The highest BCUT2D eigenvalue weighted by atomic mass is 19.4. The van der Waals surface area contributed by atoms with Crippen molar-refractivity contribution in [2.45, 2.75) is 12.7 Å². The highest BCUT2D eigenvalue weighted by Crippen LogP contribution is 2.15. The molecule has 8 heteroatoms. The van der Waals surface area contributed by atoms with Crippen LogP contribution in [0.4, 0.5) is 13.2 Å². The Hall–Kier alpha value is -1.96. The summed E-state index contributed by atoms with van der Waals surface area (Å²) in [6.07, 6.45) is -1.13. The van der Waals surface area contributed by atoms with E-state index >= 15 is 0 Å². The smallest absolute Gasteiger partial charge is 0.338 e. The fourth-order valence-corrected chi connectivity index (χ4v) is 1.26. The highest BCUT2D eigenvalue weighted by Gasteiger charge is 2.26. The van der Waals surface area contributed by atoms with E-state index in [1.165, 1.54) is 0 Å². The van der Waals surface area contributed by atoms with E-state index < -0.39 is 12.7 Å². The normalized spacial score (nSPS) is 11.7. The maximum atomic E-state index is 11.9. The second kappa shape index (κ2) is 5.13. The van der Waals surface area contributed by atoms with Crippen molar-refractivity contribution in [1.29, 1.82) is 0 Å². The van der Waals surface area contributed by atoms with Crippen LogP contribution in [-0.4, -0.2) is 27.8 Å². The van der Waals surface area contributed by atoms with Crippen LogP contribution in [0.25, 0.3) is 11.4 Å². The van der Waals surface area contributed by atoms with Gasteiger partial charge in [0.1, 0.15) is 0 Å². The summed E-state index contributed by atoms with van der Waals surface area (Å²) in [5, 5.41) is 5.84. The third-order valence-electron chi connectivity index (χ3n) is 2.01. The van der Waals surface area contributed by atoms with Gasteiger partial charge in [-0.15, -0.1) is 0 Å². The summed E-state index contributed by atoms with van der Waals surface area (Å²) >= 11 is 0. The molecule has 0 bridgehead atoms. The molecule has 2 aromatic heterocycles. The number of nitrogens with one attached hydrogen (secondary N) is 1. The molecule has 0 saturated heterocycles. The summed E-state index contributed by atoms with van der Waals surface area (Å²) in [7, 11) is 0. The van der Waals surface area contributed by atoms with Gasteiger partial charge in [-0.05, 0) is 12.1 Å². The summed E-state index contributed by atoms with van der Waals surface area (Å²) in [5.41, 5.74) is 0.691. The van der Waals surface area contributed by atoms with Gasteiger partial charge in [-0.3, -0.25) is 4.98 Å². The van der Waals surface area contributed by atoms with Crippen LogP contribution in [-0.2, 0) is 6.54 Å². The number of alkyl halides is 3. The first kappa shape index (κ1) is 12.5. The van der Waals surface area contributed by atoms with E-state index in [2.05, 4.69) is 20.4 Å². The number of aromatic nitrogens is 3. The van der Waals surface area contributed by atoms with Crippen LogP contribution in [0, 0.1) is 0 Å². The Labute approximate surface area is 100 Å². The Balaban J connectivity index is 1.95. The van der Waals surface area contributed by atoms with Crippen LogP contribution in [0.5, 0.6) is 0 Å². The molecule has 1 N–H and O–H groups in total. The molecule has 0 aliphatic rings. The average molecular weight is 258 g/mol. The predicted octanol–water partition coefficient (Wildman–Crippen LogP) is 1.78. The molecule has 0 unspecified atom stereocenters. The monoisotopic (exact) mass is 258 g/mol. The van der Waals surface area contributed by atoms with Crippen molar-refractivity contribution in [3.05, 3.63) is 30.4 Å². The molecule has 18 heavy (non-hydrogen) atoms. The topological polar surface area (TPSA) is 63.8 Å². The van der Waals surface area contributed by atoms with E-state index in [1.54, 1.807) is 24.5 Å². The van der Waals surface area contributed by atoms with E-state index in [-0.39, 0.29) is 12.4 Å². The molecule has 0 aliphatic heterocycles. The van der Waals surface area contributed by atoms with Crippen molar-refractivity contribution in [2.24, 2.45) is 0 Å². The lowest BCUT2D eigenvalue weighted by Crippen LogP contribution is -2.28. The van der Waals surface area contributed by atoms with E-state index in [1.807, 2.05) is 0 Å². The zero-order chi connectivity index (χ0) is 13.0. The fourth-order valence-electron chi connectivity index (χ4n) is 1.26. The van der Waals surface area contributed by atoms with Gasteiger partial charge in [0.15, 0.2) is 0 Å².